The van der Waals surface area contributed by atoms with Gasteiger partial charge >= 0.3 is 11.9 Å². The summed E-state index contributed by atoms with van der Waals surface area (Å²) in [7, 11) is 0. The second kappa shape index (κ2) is 15.9. The third-order valence-corrected chi connectivity index (χ3v) is 5.50. The van der Waals surface area contributed by atoms with Crippen LogP contribution in [0.15, 0.2) is 0 Å². The van der Waals surface area contributed by atoms with E-state index in [1.54, 1.807) is 0 Å². The maximum Gasteiger partial charge on any atom is 0.309 e. The zero-order valence-corrected chi connectivity index (χ0v) is 17.3. The number of carbonyl (C=O) groups excluding carboxylic acids is 1. The molecule has 2 unspecified atom stereocenters. The summed E-state index contributed by atoms with van der Waals surface area (Å²) in [6, 6.07) is 0. The van der Waals surface area contributed by atoms with E-state index in [0.717, 1.165) is 19.3 Å². The number of ether oxygens (including phenoxy) is 2. The molecule has 1 aliphatic rings. The van der Waals surface area contributed by atoms with Gasteiger partial charge in [-0.3, -0.25) is 9.59 Å². The number of carbonyl (C=O) groups is 2. The Labute approximate surface area is 165 Å². The fraction of sp³-hybridized carbons (Fsp3) is 0.909. The van der Waals surface area contributed by atoms with E-state index in [1.807, 2.05) is 0 Å². The largest absolute Gasteiger partial charge is 0.481 e. The van der Waals surface area contributed by atoms with Crippen molar-refractivity contribution in [2.45, 2.75) is 96.8 Å². The summed E-state index contributed by atoms with van der Waals surface area (Å²) in [5.41, 5.74) is 0. The number of carboxylic acids is 1. The second-order valence-corrected chi connectivity index (χ2v) is 7.80. The zero-order chi connectivity index (χ0) is 19.7. The number of hydrogen-bond acceptors (Lipinski definition) is 4. The highest BCUT2D eigenvalue weighted by molar-refractivity contribution is 5.81. The first kappa shape index (κ1) is 23.9. The minimum atomic E-state index is -0.881. The van der Waals surface area contributed by atoms with Gasteiger partial charge in [0.15, 0.2) is 0 Å². The number of rotatable bonds is 16. The molecule has 0 heterocycles. The van der Waals surface area contributed by atoms with Crippen molar-refractivity contribution in [2.24, 2.45) is 11.8 Å². The fourth-order valence-electron chi connectivity index (χ4n) is 3.81. The Kier molecular flexibility index (Phi) is 14.1. The molecular formula is C22H40O5. The number of esters is 1. The van der Waals surface area contributed by atoms with Crippen LogP contribution in [0.25, 0.3) is 0 Å². The van der Waals surface area contributed by atoms with E-state index < -0.39 is 17.8 Å². The number of aliphatic carboxylic acids is 1. The van der Waals surface area contributed by atoms with Gasteiger partial charge in [-0.1, -0.05) is 77.6 Å². The van der Waals surface area contributed by atoms with E-state index in [2.05, 4.69) is 6.92 Å². The predicted octanol–water partition coefficient (Wildman–Crippen LogP) is 5.36. The third-order valence-electron chi connectivity index (χ3n) is 5.50. The van der Waals surface area contributed by atoms with Crippen molar-refractivity contribution in [1.82, 2.24) is 0 Å². The van der Waals surface area contributed by atoms with Crippen molar-refractivity contribution in [2.75, 3.05) is 19.8 Å². The Morgan fingerprint density at radius 2 is 1.33 bits per heavy atom. The summed E-state index contributed by atoms with van der Waals surface area (Å²) in [6.07, 6.45) is 15.9. The van der Waals surface area contributed by atoms with Crippen LogP contribution in [0.5, 0.6) is 0 Å². The molecule has 1 rings (SSSR count). The van der Waals surface area contributed by atoms with E-state index in [1.165, 1.54) is 57.8 Å². The van der Waals surface area contributed by atoms with Crippen molar-refractivity contribution in [3.8, 4) is 0 Å². The number of carboxylic acid groups (broad SMARTS) is 1. The average molecular weight is 385 g/mol. The zero-order valence-electron chi connectivity index (χ0n) is 17.3. The molecule has 0 saturated heterocycles. The summed E-state index contributed by atoms with van der Waals surface area (Å²) >= 11 is 0. The first-order valence-electron chi connectivity index (χ1n) is 11.1. The lowest BCUT2D eigenvalue weighted by atomic mass is 9.79. The lowest BCUT2D eigenvalue weighted by Gasteiger charge is -2.26. The van der Waals surface area contributed by atoms with Crippen LogP contribution in [0.1, 0.15) is 96.8 Å². The van der Waals surface area contributed by atoms with Crippen molar-refractivity contribution >= 4 is 11.9 Å². The summed E-state index contributed by atoms with van der Waals surface area (Å²) in [5.74, 6) is -2.32. The van der Waals surface area contributed by atoms with Gasteiger partial charge in [0.1, 0.15) is 6.61 Å². The van der Waals surface area contributed by atoms with Crippen LogP contribution in [-0.4, -0.2) is 36.9 Å². The van der Waals surface area contributed by atoms with Gasteiger partial charge in [-0.2, -0.15) is 0 Å². The highest BCUT2D eigenvalue weighted by Crippen LogP contribution is 2.31. The van der Waals surface area contributed by atoms with E-state index in [9.17, 15) is 14.7 Å². The summed E-state index contributed by atoms with van der Waals surface area (Å²) < 4.78 is 10.8. The highest BCUT2D eigenvalue weighted by atomic mass is 16.6. The first-order valence-corrected chi connectivity index (χ1v) is 11.1. The van der Waals surface area contributed by atoms with Crippen LogP contribution < -0.4 is 0 Å². The second-order valence-electron chi connectivity index (χ2n) is 7.80. The molecule has 158 valence electrons. The standard InChI is InChI=1S/C22H40O5/c1-2-3-4-5-6-7-8-9-10-13-16-26-17-18-27-22(25)20-15-12-11-14-19(20)21(23)24/h19-20H,2-18H2,1H3,(H,23,24). The molecule has 0 aliphatic heterocycles. The quantitative estimate of drug-likeness (QED) is 0.286. The molecule has 5 heteroatoms. The van der Waals surface area contributed by atoms with Gasteiger partial charge in [-0.05, 0) is 19.3 Å². The first-order chi connectivity index (χ1) is 13.2. The van der Waals surface area contributed by atoms with Crippen LogP contribution in [0, 0.1) is 11.8 Å². The normalized spacial score (nSPS) is 19.7. The molecule has 0 aromatic rings. The third kappa shape index (κ3) is 11.4. The smallest absolute Gasteiger partial charge is 0.309 e. The van der Waals surface area contributed by atoms with Gasteiger partial charge in [0.25, 0.3) is 0 Å². The van der Waals surface area contributed by atoms with Crippen molar-refractivity contribution < 1.29 is 24.2 Å². The molecule has 5 nitrogen and oxygen atoms in total. The Balaban J connectivity index is 1.91. The monoisotopic (exact) mass is 384 g/mol. The molecule has 0 aromatic carbocycles. The van der Waals surface area contributed by atoms with Crippen molar-refractivity contribution in [3.63, 3.8) is 0 Å². The molecule has 2 atom stereocenters. The Morgan fingerprint density at radius 3 is 1.93 bits per heavy atom. The molecule has 0 radical (unpaired) electrons. The Hall–Kier alpha value is -1.10. The van der Waals surface area contributed by atoms with Crippen LogP contribution in [-0.2, 0) is 19.1 Å². The molecule has 0 amide bonds. The number of unbranched alkanes of at least 4 members (excludes halogenated alkanes) is 9. The minimum absolute atomic E-state index is 0.222. The van der Waals surface area contributed by atoms with Gasteiger partial charge in [0, 0.05) is 6.61 Å². The maximum absolute atomic E-state index is 12.1. The lowest BCUT2D eigenvalue weighted by Crippen LogP contribution is -2.34. The van der Waals surface area contributed by atoms with Crippen LogP contribution in [0.2, 0.25) is 0 Å². The number of hydrogen-bond donors (Lipinski definition) is 1. The Morgan fingerprint density at radius 1 is 0.778 bits per heavy atom. The van der Waals surface area contributed by atoms with Crippen LogP contribution >= 0.6 is 0 Å². The molecule has 1 aliphatic carbocycles. The molecule has 1 saturated carbocycles. The van der Waals surface area contributed by atoms with E-state index >= 15 is 0 Å². The van der Waals surface area contributed by atoms with E-state index in [-0.39, 0.29) is 12.6 Å². The summed E-state index contributed by atoms with van der Waals surface area (Å²) in [5, 5.41) is 9.22. The molecule has 0 aromatic heterocycles. The Bertz CT molecular complexity index is 396. The summed E-state index contributed by atoms with van der Waals surface area (Å²) in [4.78, 5) is 23.3. The van der Waals surface area contributed by atoms with E-state index in [0.29, 0.717) is 26.1 Å². The van der Waals surface area contributed by atoms with Gasteiger partial charge in [-0.25, -0.2) is 0 Å². The molecule has 1 fully saturated rings. The predicted molar refractivity (Wildman–Crippen MR) is 107 cm³/mol. The van der Waals surface area contributed by atoms with Crippen molar-refractivity contribution in [1.29, 1.82) is 0 Å². The van der Waals surface area contributed by atoms with Gasteiger partial charge in [0.05, 0.1) is 18.4 Å². The maximum atomic E-state index is 12.1. The van der Waals surface area contributed by atoms with Gasteiger partial charge in [-0.15, -0.1) is 0 Å². The molecule has 1 N–H and O–H groups in total. The molecule has 0 spiro atoms. The van der Waals surface area contributed by atoms with Crippen molar-refractivity contribution in [3.05, 3.63) is 0 Å². The SMILES string of the molecule is CCCCCCCCCCCCOCCOC(=O)C1CCCCC1C(=O)O. The topological polar surface area (TPSA) is 72.8 Å². The minimum Gasteiger partial charge on any atom is -0.481 e. The highest BCUT2D eigenvalue weighted by Gasteiger charge is 2.36. The van der Waals surface area contributed by atoms with Gasteiger partial charge in [0.2, 0.25) is 0 Å². The van der Waals surface area contributed by atoms with Crippen LogP contribution in [0.4, 0.5) is 0 Å². The van der Waals surface area contributed by atoms with Gasteiger partial charge < -0.3 is 14.6 Å². The average Bonchev–Trinajstić information content (AvgIpc) is 2.68. The summed E-state index contributed by atoms with van der Waals surface area (Å²) in [6.45, 7) is 3.57. The molecule has 0 bridgehead atoms. The van der Waals surface area contributed by atoms with E-state index in [4.69, 9.17) is 9.47 Å². The molecule has 27 heavy (non-hydrogen) atoms. The fourth-order valence-corrected chi connectivity index (χ4v) is 3.81. The van der Waals surface area contributed by atoms with Crippen LogP contribution in [0.3, 0.4) is 0 Å². The lowest BCUT2D eigenvalue weighted by molar-refractivity contribution is -0.160. The molecular weight excluding hydrogens is 344 g/mol.